The van der Waals surface area contributed by atoms with E-state index in [0.29, 0.717) is 18.0 Å². The molecule has 3 aliphatic heterocycles. The van der Waals surface area contributed by atoms with Crippen molar-refractivity contribution in [1.29, 1.82) is 0 Å². The number of rotatable bonds is 5. The molecule has 3 saturated heterocycles. The second-order valence-electron chi connectivity index (χ2n) is 9.09. The third-order valence-corrected chi connectivity index (χ3v) is 7.43. The van der Waals surface area contributed by atoms with Crippen LogP contribution in [0.2, 0.25) is 0 Å². The fourth-order valence-electron chi connectivity index (χ4n) is 5.97. The predicted octanol–water partition coefficient (Wildman–Crippen LogP) is 3.94. The van der Waals surface area contributed by atoms with Crippen molar-refractivity contribution in [2.45, 2.75) is 56.8 Å². The normalized spacial score (nSPS) is 27.1. The Labute approximate surface area is 180 Å². The maximum absolute atomic E-state index is 13.4. The van der Waals surface area contributed by atoms with E-state index >= 15 is 0 Å². The number of fused-ring (bicyclic) bond motifs is 2. The molecule has 0 radical (unpaired) electrons. The zero-order valence-electron chi connectivity index (χ0n) is 18.0. The Kier molecular flexibility index (Phi) is 5.62. The molecule has 0 saturated carbocycles. The number of benzene rings is 2. The number of piperazine rings is 1. The Hall–Kier alpha value is -2.17. The molecule has 4 heteroatoms. The molecule has 3 fully saturated rings. The number of hydrogen-bond acceptors (Lipinski definition) is 3. The number of piperidine rings is 1. The van der Waals surface area contributed by atoms with Gasteiger partial charge >= 0.3 is 0 Å². The minimum absolute atomic E-state index is 0.107. The highest BCUT2D eigenvalue weighted by Crippen LogP contribution is 2.40. The Bertz CT molecular complexity index is 816. The summed E-state index contributed by atoms with van der Waals surface area (Å²) in [7, 11) is 0. The van der Waals surface area contributed by atoms with Crippen LogP contribution in [0, 0.1) is 0 Å². The van der Waals surface area contributed by atoms with E-state index in [2.05, 4.69) is 82.3 Å². The van der Waals surface area contributed by atoms with Crippen LogP contribution in [0.1, 0.15) is 49.8 Å². The molecule has 2 aromatic carbocycles. The van der Waals surface area contributed by atoms with Crippen LogP contribution in [-0.2, 0) is 4.79 Å². The summed E-state index contributed by atoms with van der Waals surface area (Å²) in [5.74, 6) is 0.389. The molecule has 3 atom stereocenters. The van der Waals surface area contributed by atoms with Gasteiger partial charge in [-0.15, -0.1) is 0 Å². The van der Waals surface area contributed by atoms with Gasteiger partial charge in [-0.2, -0.15) is 0 Å². The lowest BCUT2D eigenvalue weighted by atomic mass is 9.96. The fraction of sp³-hybridized carbons (Fsp3) is 0.500. The van der Waals surface area contributed by atoms with Crippen molar-refractivity contribution < 1.29 is 4.79 Å². The van der Waals surface area contributed by atoms with E-state index in [0.717, 1.165) is 39.0 Å². The molecule has 3 heterocycles. The second-order valence-corrected chi connectivity index (χ2v) is 9.09. The van der Waals surface area contributed by atoms with Gasteiger partial charge in [-0.25, -0.2) is 0 Å². The van der Waals surface area contributed by atoms with Gasteiger partial charge in [0.15, 0.2) is 0 Å². The summed E-state index contributed by atoms with van der Waals surface area (Å²) in [4.78, 5) is 20.7. The zero-order chi connectivity index (χ0) is 20.5. The maximum atomic E-state index is 13.4. The molecule has 0 aromatic heterocycles. The third-order valence-electron chi connectivity index (χ3n) is 7.43. The van der Waals surface area contributed by atoms with E-state index < -0.39 is 0 Å². The average Bonchev–Trinajstić information content (AvgIpc) is 3.41. The molecule has 2 bridgehead atoms. The highest BCUT2D eigenvalue weighted by Gasteiger charge is 2.49. The summed E-state index contributed by atoms with van der Waals surface area (Å²) in [5, 5.41) is 0. The highest BCUT2D eigenvalue weighted by atomic mass is 16.2. The number of nitrogens with zero attached hydrogens (tertiary/aromatic N) is 3. The molecule has 1 amide bonds. The van der Waals surface area contributed by atoms with E-state index in [4.69, 9.17) is 0 Å². The minimum atomic E-state index is 0.107. The SMILES string of the molecule is CCN1CCCC[C@H]1C(=O)N1C[C@@H]2C[C@@H]1CN2C(c1ccccc1)c1ccccc1. The number of carbonyl (C=O) groups is 1. The maximum Gasteiger partial charge on any atom is 0.240 e. The van der Waals surface area contributed by atoms with E-state index in [9.17, 15) is 4.79 Å². The lowest BCUT2D eigenvalue weighted by Crippen LogP contribution is -2.56. The summed E-state index contributed by atoms with van der Waals surface area (Å²) in [6.07, 6.45) is 4.56. The van der Waals surface area contributed by atoms with Crippen LogP contribution in [0.3, 0.4) is 0 Å². The number of likely N-dealkylation sites (tertiary alicyclic amines) is 3. The molecule has 3 aliphatic rings. The van der Waals surface area contributed by atoms with Gasteiger partial charge in [0.05, 0.1) is 12.1 Å². The van der Waals surface area contributed by atoms with Gasteiger partial charge in [0.1, 0.15) is 0 Å². The van der Waals surface area contributed by atoms with Crippen molar-refractivity contribution in [3.63, 3.8) is 0 Å². The molecule has 0 aliphatic carbocycles. The lowest BCUT2D eigenvalue weighted by Gasteiger charge is -2.42. The van der Waals surface area contributed by atoms with Gasteiger partial charge in [0, 0.05) is 25.2 Å². The smallest absolute Gasteiger partial charge is 0.240 e. The molecule has 4 nitrogen and oxygen atoms in total. The van der Waals surface area contributed by atoms with Crippen LogP contribution in [0.15, 0.2) is 60.7 Å². The Morgan fingerprint density at radius 1 is 0.933 bits per heavy atom. The van der Waals surface area contributed by atoms with Crippen LogP contribution in [0.4, 0.5) is 0 Å². The first-order chi connectivity index (χ1) is 14.8. The second kappa shape index (κ2) is 8.52. The van der Waals surface area contributed by atoms with Gasteiger partial charge in [0.2, 0.25) is 5.91 Å². The molecule has 0 spiro atoms. The number of likely N-dealkylation sites (N-methyl/N-ethyl adjacent to an activating group) is 1. The summed E-state index contributed by atoms with van der Waals surface area (Å²) in [5.41, 5.74) is 2.69. The van der Waals surface area contributed by atoms with Crippen molar-refractivity contribution >= 4 is 5.91 Å². The van der Waals surface area contributed by atoms with Gasteiger partial charge in [0.25, 0.3) is 0 Å². The van der Waals surface area contributed by atoms with E-state index in [-0.39, 0.29) is 12.1 Å². The molecule has 0 N–H and O–H groups in total. The van der Waals surface area contributed by atoms with Crippen LogP contribution in [-0.4, -0.2) is 64.9 Å². The molecule has 2 aromatic rings. The molecule has 30 heavy (non-hydrogen) atoms. The first-order valence-electron chi connectivity index (χ1n) is 11.7. The Morgan fingerprint density at radius 2 is 1.60 bits per heavy atom. The zero-order valence-corrected chi connectivity index (χ0v) is 18.0. The Morgan fingerprint density at radius 3 is 2.17 bits per heavy atom. The van der Waals surface area contributed by atoms with E-state index in [1.54, 1.807) is 0 Å². The molecule has 5 rings (SSSR count). The van der Waals surface area contributed by atoms with Crippen molar-refractivity contribution in [2.24, 2.45) is 0 Å². The standard InChI is InChI=1S/C26H33N3O/c1-2-27-16-10-9-15-24(27)26(30)29-19-22-17-23(29)18-28(22)25(20-11-5-3-6-12-20)21-13-7-4-8-14-21/h3-8,11-14,22-25H,2,9-10,15-19H2,1H3/t22-,23+,24-/m0/s1. The first kappa shape index (κ1) is 19.8. The monoisotopic (exact) mass is 403 g/mol. The summed E-state index contributed by atoms with van der Waals surface area (Å²) in [6, 6.07) is 22.9. The van der Waals surface area contributed by atoms with Gasteiger partial charge in [-0.3, -0.25) is 14.6 Å². The summed E-state index contributed by atoms with van der Waals surface area (Å²) < 4.78 is 0. The van der Waals surface area contributed by atoms with E-state index in [1.165, 1.54) is 24.0 Å². The topological polar surface area (TPSA) is 26.8 Å². The van der Waals surface area contributed by atoms with Gasteiger partial charge in [-0.05, 0) is 43.5 Å². The van der Waals surface area contributed by atoms with E-state index in [1.807, 2.05) is 0 Å². The van der Waals surface area contributed by atoms with Crippen LogP contribution in [0.5, 0.6) is 0 Å². The Balaban J connectivity index is 1.36. The number of amides is 1. The van der Waals surface area contributed by atoms with Gasteiger partial charge < -0.3 is 4.90 Å². The molecular weight excluding hydrogens is 370 g/mol. The van der Waals surface area contributed by atoms with Crippen molar-refractivity contribution in [1.82, 2.24) is 14.7 Å². The van der Waals surface area contributed by atoms with Gasteiger partial charge in [-0.1, -0.05) is 74.0 Å². The number of carbonyl (C=O) groups excluding carboxylic acids is 1. The summed E-state index contributed by atoms with van der Waals surface area (Å²) >= 11 is 0. The fourth-order valence-corrected chi connectivity index (χ4v) is 5.97. The van der Waals surface area contributed by atoms with Crippen LogP contribution < -0.4 is 0 Å². The predicted molar refractivity (Wildman–Crippen MR) is 120 cm³/mol. The van der Waals surface area contributed by atoms with Crippen LogP contribution >= 0.6 is 0 Å². The quantitative estimate of drug-likeness (QED) is 0.757. The minimum Gasteiger partial charge on any atom is -0.335 e. The molecule has 0 unspecified atom stereocenters. The van der Waals surface area contributed by atoms with Crippen molar-refractivity contribution in [3.8, 4) is 0 Å². The molecular formula is C26H33N3O. The van der Waals surface area contributed by atoms with Crippen molar-refractivity contribution in [2.75, 3.05) is 26.2 Å². The average molecular weight is 404 g/mol. The number of hydrogen-bond donors (Lipinski definition) is 0. The van der Waals surface area contributed by atoms with Crippen molar-refractivity contribution in [3.05, 3.63) is 71.8 Å². The summed E-state index contributed by atoms with van der Waals surface area (Å²) in [6.45, 7) is 6.10. The third kappa shape index (κ3) is 3.57. The molecule has 158 valence electrons. The highest BCUT2D eigenvalue weighted by molar-refractivity contribution is 5.83. The van der Waals surface area contributed by atoms with Crippen LogP contribution in [0.25, 0.3) is 0 Å². The largest absolute Gasteiger partial charge is 0.335 e. The first-order valence-corrected chi connectivity index (χ1v) is 11.7. The lowest BCUT2D eigenvalue weighted by molar-refractivity contribution is -0.140.